The van der Waals surface area contributed by atoms with Crippen LogP contribution in [0.1, 0.15) is 26.7 Å². The minimum Gasteiger partial charge on any atom is -0.330 e. The van der Waals surface area contributed by atoms with Crippen molar-refractivity contribution in [3.8, 4) is 0 Å². The fourth-order valence-corrected chi connectivity index (χ4v) is 1.96. The molecule has 0 aromatic carbocycles. The van der Waals surface area contributed by atoms with Crippen LogP contribution >= 0.6 is 0 Å². The molecule has 3 N–H and O–H groups in total. The number of carbonyl (C=O) groups is 3. The minimum absolute atomic E-state index is 0.0437. The van der Waals surface area contributed by atoms with Crippen LogP contribution in [0.3, 0.4) is 0 Å². The molecule has 2 atom stereocenters. The summed E-state index contributed by atoms with van der Waals surface area (Å²) in [7, 11) is 0. The van der Waals surface area contributed by atoms with Crippen LogP contribution in [0.4, 0.5) is 0 Å². The lowest BCUT2D eigenvalue weighted by molar-refractivity contribution is -0.152. The summed E-state index contributed by atoms with van der Waals surface area (Å²) >= 11 is 0. The van der Waals surface area contributed by atoms with Gasteiger partial charge < -0.3 is 10.6 Å². The molecule has 0 radical (unpaired) electrons. The Kier molecular flexibility index (Phi) is 4.62. The van der Waals surface area contributed by atoms with Crippen molar-refractivity contribution in [3.63, 3.8) is 0 Å². The van der Waals surface area contributed by atoms with Gasteiger partial charge >= 0.3 is 0 Å². The number of nitrogens with two attached hydrogens (primary N) is 1. The number of nitrogens with one attached hydrogen (secondary N) is 1. The second kappa shape index (κ2) is 5.77. The van der Waals surface area contributed by atoms with Gasteiger partial charge in [0.25, 0.3) is 0 Å². The third-order valence-corrected chi connectivity index (χ3v) is 2.95. The molecular formula is C11H19N3O3. The highest BCUT2D eigenvalue weighted by Crippen LogP contribution is 2.14. The fraction of sp³-hybridized carbons (Fsp3) is 0.727. The molecule has 0 saturated carbocycles. The van der Waals surface area contributed by atoms with E-state index in [2.05, 4.69) is 5.32 Å². The molecule has 1 aliphatic heterocycles. The van der Waals surface area contributed by atoms with Crippen molar-refractivity contribution in [2.45, 2.75) is 32.7 Å². The summed E-state index contributed by atoms with van der Waals surface area (Å²) in [5.41, 5.74) is 5.40. The van der Waals surface area contributed by atoms with E-state index in [1.807, 2.05) is 6.92 Å². The molecule has 96 valence electrons. The molecule has 0 aromatic heterocycles. The first-order valence-electron chi connectivity index (χ1n) is 5.85. The monoisotopic (exact) mass is 241 g/mol. The summed E-state index contributed by atoms with van der Waals surface area (Å²) in [5, 5.41) is 2.24. The molecule has 6 nitrogen and oxygen atoms in total. The predicted octanol–water partition coefficient (Wildman–Crippen LogP) is -0.765. The van der Waals surface area contributed by atoms with Crippen LogP contribution in [0.5, 0.6) is 0 Å². The quantitative estimate of drug-likeness (QED) is 0.632. The van der Waals surface area contributed by atoms with Gasteiger partial charge in [0.1, 0.15) is 12.6 Å². The van der Waals surface area contributed by atoms with E-state index in [9.17, 15) is 14.4 Å². The van der Waals surface area contributed by atoms with Gasteiger partial charge in [-0.05, 0) is 19.4 Å². The van der Waals surface area contributed by atoms with Crippen LogP contribution in [0.2, 0.25) is 0 Å². The van der Waals surface area contributed by atoms with Crippen molar-refractivity contribution in [2.24, 2.45) is 11.7 Å². The summed E-state index contributed by atoms with van der Waals surface area (Å²) in [6.07, 6.45) is 1.06. The maximum atomic E-state index is 12.1. The highest BCUT2D eigenvalue weighted by molar-refractivity contribution is 6.04. The maximum absolute atomic E-state index is 12.1. The van der Waals surface area contributed by atoms with E-state index in [1.54, 1.807) is 6.92 Å². The maximum Gasteiger partial charge on any atom is 0.249 e. The summed E-state index contributed by atoms with van der Waals surface area (Å²) in [6, 6.07) is -0.541. The van der Waals surface area contributed by atoms with Gasteiger partial charge in [0.05, 0.1) is 0 Å². The Hall–Kier alpha value is -1.43. The van der Waals surface area contributed by atoms with Crippen molar-refractivity contribution in [3.05, 3.63) is 0 Å². The Morgan fingerprint density at radius 1 is 1.59 bits per heavy atom. The van der Waals surface area contributed by atoms with Crippen LogP contribution in [0.15, 0.2) is 0 Å². The van der Waals surface area contributed by atoms with Crippen molar-refractivity contribution in [1.82, 2.24) is 10.2 Å². The van der Waals surface area contributed by atoms with Crippen LogP contribution in [-0.2, 0) is 14.4 Å². The van der Waals surface area contributed by atoms with Gasteiger partial charge in [-0.25, -0.2) is 0 Å². The summed E-state index contributed by atoms with van der Waals surface area (Å²) in [4.78, 5) is 36.3. The number of imide groups is 1. The molecule has 1 aliphatic rings. The van der Waals surface area contributed by atoms with E-state index < -0.39 is 17.9 Å². The topological polar surface area (TPSA) is 92.5 Å². The fourth-order valence-electron chi connectivity index (χ4n) is 1.96. The van der Waals surface area contributed by atoms with Crippen LogP contribution in [0, 0.1) is 5.92 Å². The zero-order chi connectivity index (χ0) is 13.0. The number of nitrogens with zero attached hydrogens (tertiary/aromatic N) is 1. The molecular weight excluding hydrogens is 222 g/mol. The van der Waals surface area contributed by atoms with Crippen molar-refractivity contribution < 1.29 is 14.4 Å². The molecule has 1 saturated heterocycles. The molecule has 3 amide bonds. The molecule has 0 spiro atoms. The predicted molar refractivity (Wildman–Crippen MR) is 61.8 cm³/mol. The van der Waals surface area contributed by atoms with Crippen molar-refractivity contribution in [2.75, 3.05) is 13.1 Å². The third kappa shape index (κ3) is 3.03. The largest absolute Gasteiger partial charge is 0.330 e. The Bertz CT molecular complexity index is 330. The van der Waals surface area contributed by atoms with Gasteiger partial charge in [-0.3, -0.25) is 19.7 Å². The summed E-state index contributed by atoms with van der Waals surface area (Å²) in [5.74, 6) is -1.25. The Labute approximate surface area is 101 Å². The highest BCUT2D eigenvalue weighted by atomic mass is 16.2. The highest BCUT2D eigenvalue weighted by Gasteiger charge is 2.36. The second-order valence-corrected chi connectivity index (χ2v) is 4.28. The minimum atomic E-state index is -0.541. The normalized spacial score (nSPS) is 22.3. The Morgan fingerprint density at radius 3 is 2.76 bits per heavy atom. The third-order valence-electron chi connectivity index (χ3n) is 2.95. The second-order valence-electron chi connectivity index (χ2n) is 4.28. The standard InChI is InChI=1S/C11H19N3O3/c1-3-8-10(16)13-9(15)6-14(8)11(17)7(2)4-5-12/h7-8H,3-6,12H2,1-2H3,(H,13,15,16). The van der Waals surface area contributed by atoms with E-state index >= 15 is 0 Å². The Morgan fingerprint density at radius 2 is 2.24 bits per heavy atom. The van der Waals surface area contributed by atoms with Crippen LogP contribution in [0.25, 0.3) is 0 Å². The first-order chi connectivity index (χ1) is 8.01. The van der Waals surface area contributed by atoms with Gasteiger partial charge in [-0.15, -0.1) is 0 Å². The lowest BCUT2D eigenvalue weighted by atomic mass is 10.0. The lowest BCUT2D eigenvalue weighted by Crippen LogP contribution is -2.60. The van der Waals surface area contributed by atoms with Crippen molar-refractivity contribution >= 4 is 17.7 Å². The lowest BCUT2D eigenvalue weighted by Gasteiger charge is -2.35. The SMILES string of the molecule is CCC1C(=O)NC(=O)CN1C(=O)C(C)CCN. The van der Waals surface area contributed by atoms with E-state index in [1.165, 1.54) is 4.90 Å². The number of hydrogen-bond donors (Lipinski definition) is 2. The van der Waals surface area contributed by atoms with E-state index in [0.29, 0.717) is 19.4 Å². The summed E-state index contributed by atoms with van der Waals surface area (Å²) < 4.78 is 0. The van der Waals surface area contributed by atoms with Gasteiger partial charge in [-0.1, -0.05) is 13.8 Å². The molecule has 1 heterocycles. The molecule has 2 unspecified atom stereocenters. The molecule has 0 bridgehead atoms. The first-order valence-corrected chi connectivity index (χ1v) is 5.85. The molecule has 1 rings (SSSR count). The van der Waals surface area contributed by atoms with Crippen molar-refractivity contribution in [1.29, 1.82) is 0 Å². The van der Waals surface area contributed by atoms with Crippen LogP contribution < -0.4 is 11.1 Å². The van der Waals surface area contributed by atoms with Gasteiger partial charge in [0.15, 0.2) is 0 Å². The van der Waals surface area contributed by atoms with Gasteiger partial charge in [0.2, 0.25) is 17.7 Å². The van der Waals surface area contributed by atoms with E-state index in [4.69, 9.17) is 5.73 Å². The molecule has 1 fully saturated rings. The average Bonchev–Trinajstić information content (AvgIpc) is 2.27. The first kappa shape index (κ1) is 13.6. The zero-order valence-electron chi connectivity index (χ0n) is 10.2. The average molecular weight is 241 g/mol. The van der Waals surface area contributed by atoms with Gasteiger partial charge in [-0.2, -0.15) is 0 Å². The number of piperazine rings is 1. The smallest absolute Gasteiger partial charge is 0.249 e. The van der Waals surface area contributed by atoms with E-state index in [-0.39, 0.29) is 18.4 Å². The molecule has 6 heteroatoms. The number of carbonyl (C=O) groups excluding carboxylic acids is 3. The van der Waals surface area contributed by atoms with Gasteiger partial charge in [0, 0.05) is 5.92 Å². The van der Waals surface area contributed by atoms with E-state index in [0.717, 1.165) is 0 Å². The molecule has 17 heavy (non-hydrogen) atoms. The number of rotatable bonds is 4. The van der Waals surface area contributed by atoms with Crippen LogP contribution in [-0.4, -0.2) is 41.8 Å². The number of hydrogen-bond acceptors (Lipinski definition) is 4. The summed E-state index contributed by atoms with van der Waals surface area (Å²) in [6.45, 7) is 3.95. The zero-order valence-corrected chi connectivity index (χ0v) is 10.2. The molecule has 0 aromatic rings. The Balaban J connectivity index is 2.81. The number of amides is 3. The molecule has 0 aliphatic carbocycles.